The van der Waals surface area contributed by atoms with Crippen LogP contribution in [0.5, 0.6) is 0 Å². The van der Waals surface area contributed by atoms with Crippen molar-refractivity contribution in [2.45, 2.75) is 0 Å². The van der Waals surface area contributed by atoms with E-state index in [0.717, 1.165) is 3.57 Å². The molecule has 2 aromatic rings. The minimum atomic E-state index is -0.656. The van der Waals surface area contributed by atoms with Gasteiger partial charge in [-0.1, -0.05) is 6.07 Å². The maximum Gasteiger partial charge on any atom is 0.148 e. The molecule has 4 nitrogen and oxygen atoms in total. The summed E-state index contributed by atoms with van der Waals surface area (Å²) < 4.78 is 29.2. The van der Waals surface area contributed by atoms with E-state index in [1.54, 1.807) is 0 Å². The second-order valence-electron chi connectivity index (χ2n) is 4.65. The van der Waals surface area contributed by atoms with E-state index in [0.29, 0.717) is 17.1 Å². The summed E-state index contributed by atoms with van der Waals surface area (Å²) in [5, 5.41) is 6.65. The van der Waals surface area contributed by atoms with Crippen LogP contribution in [0.25, 0.3) is 0 Å². The highest BCUT2D eigenvalue weighted by Crippen LogP contribution is 2.27. The van der Waals surface area contributed by atoms with Gasteiger partial charge >= 0.3 is 0 Å². The summed E-state index contributed by atoms with van der Waals surface area (Å²) in [6.45, 7) is 0.116. The van der Waals surface area contributed by atoms with E-state index >= 15 is 0 Å². The fraction of sp³-hybridized carbons (Fsp3) is 0.0667. The quantitative estimate of drug-likeness (QED) is 0.430. The predicted molar refractivity (Wildman–Crippen MR) is 91.3 cm³/mol. The van der Waals surface area contributed by atoms with Crippen LogP contribution >= 0.6 is 22.6 Å². The minimum absolute atomic E-state index is 0.116. The van der Waals surface area contributed by atoms with Gasteiger partial charge in [0.2, 0.25) is 0 Å². The Balaban J connectivity index is 2.27. The topological polar surface area (TPSA) is 62.8 Å². The summed E-state index contributed by atoms with van der Waals surface area (Å²) >= 11 is 2.13. The van der Waals surface area contributed by atoms with Crippen molar-refractivity contribution in [2.75, 3.05) is 11.9 Å². The van der Waals surface area contributed by atoms with Crippen LogP contribution in [0.4, 0.5) is 14.5 Å². The standard InChI is InChI=1S/C15H11F2IN4/c16-10-2-1-3-11(17)14(10)15-9-6-8(18)4-5-12(9)21-13(22-19)7-20-15/h1-6H,7,19H2,(H,21,22). The Hall–Kier alpha value is -2.03. The molecule has 0 saturated heterocycles. The van der Waals surface area contributed by atoms with Crippen molar-refractivity contribution in [3.8, 4) is 0 Å². The number of aliphatic imine (C=N–C) groups is 1. The van der Waals surface area contributed by atoms with Gasteiger partial charge in [0.05, 0.1) is 17.8 Å². The molecule has 22 heavy (non-hydrogen) atoms. The highest BCUT2D eigenvalue weighted by Gasteiger charge is 2.22. The fourth-order valence-corrected chi connectivity index (χ4v) is 2.76. The Kier molecular flexibility index (Phi) is 4.06. The van der Waals surface area contributed by atoms with Gasteiger partial charge in [0.15, 0.2) is 0 Å². The molecule has 0 atom stereocenters. The van der Waals surface area contributed by atoms with Crippen molar-refractivity contribution >= 4 is 39.8 Å². The molecule has 0 spiro atoms. The smallest absolute Gasteiger partial charge is 0.148 e. The summed E-state index contributed by atoms with van der Waals surface area (Å²) in [7, 11) is 0. The number of anilines is 1. The number of benzodiazepines with no additional fused rings is 1. The van der Waals surface area contributed by atoms with Gasteiger partial charge in [0.1, 0.15) is 17.5 Å². The van der Waals surface area contributed by atoms with Crippen molar-refractivity contribution in [1.29, 1.82) is 0 Å². The first-order valence-electron chi connectivity index (χ1n) is 6.42. The lowest BCUT2D eigenvalue weighted by atomic mass is 9.99. The molecule has 3 N–H and O–H groups in total. The molecule has 0 unspecified atom stereocenters. The molecule has 7 heteroatoms. The lowest BCUT2D eigenvalue weighted by Gasteiger charge is -2.12. The van der Waals surface area contributed by atoms with Crippen molar-refractivity contribution < 1.29 is 8.78 Å². The zero-order valence-electron chi connectivity index (χ0n) is 11.3. The van der Waals surface area contributed by atoms with Gasteiger partial charge < -0.3 is 11.2 Å². The van der Waals surface area contributed by atoms with E-state index in [4.69, 9.17) is 5.84 Å². The molecular weight excluding hydrogens is 401 g/mol. The van der Waals surface area contributed by atoms with Crippen LogP contribution < -0.4 is 11.2 Å². The van der Waals surface area contributed by atoms with Crippen LogP contribution in [-0.2, 0) is 0 Å². The third kappa shape index (κ3) is 2.68. The van der Waals surface area contributed by atoms with E-state index in [1.807, 2.05) is 18.2 Å². The zero-order valence-corrected chi connectivity index (χ0v) is 13.4. The van der Waals surface area contributed by atoms with Crippen LogP contribution in [0, 0.1) is 15.2 Å². The number of halogens is 3. The largest absolute Gasteiger partial charge is 0.340 e. The first kappa shape index (κ1) is 14.9. The van der Waals surface area contributed by atoms with Crippen molar-refractivity contribution in [1.82, 2.24) is 0 Å². The monoisotopic (exact) mass is 412 g/mol. The summed E-state index contributed by atoms with van der Waals surface area (Å²) in [5.74, 6) is 4.42. The van der Waals surface area contributed by atoms with E-state index in [-0.39, 0.29) is 17.8 Å². The van der Waals surface area contributed by atoms with Crippen LogP contribution in [-0.4, -0.2) is 18.1 Å². The third-order valence-corrected chi connectivity index (χ3v) is 3.93. The summed E-state index contributed by atoms with van der Waals surface area (Å²) in [6.07, 6.45) is 0. The van der Waals surface area contributed by atoms with Gasteiger partial charge in [-0.05, 0) is 52.9 Å². The highest BCUT2D eigenvalue weighted by atomic mass is 127. The first-order valence-corrected chi connectivity index (χ1v) is 7.50. The molecule has 0 fully saturated rings. The number of hydrogen-bond donors (Lipinski definition) is 2. The Bertz CT molecular complexity index is 782. The molecule has 112 valence electrons. The maximum absolute atomic E-state index is 14.1. The number of hydrogen-bond acceptors (Lipinski definition) is 3. The van der Waals surface area contributed by atoms with Gasteiger partial charge in [-0.25, -0.2) is 8.78 Å². The number of fused-ring (bicyclic) bond motifs is 1. The number of nitrogens with zero attached hydrogens (tertiary/aromatic N) is 2. The first-order chi connectivity index (χ1) is 10.6. The lowest BCUT2D eigenvalue weighted by Crippen LogP contribution is -2.16. The molecule has 0 saturated carbocycles. The number of benzene rings is 2. The van der Waals surface area contributed by atoms with E-state index in [9.17, 15) is 8.78 Å². The Morgan fingerprint density at radius 2 is 1.91 bits per heavy atom. The van der Waals surface area contributed by atoms with Crippen molar-refractivity contribution in [2.24, 2.45) is 15.9 Å². The Morgan fingerprint density at radius 3 is 2.59 bits per heavy atom. The fourth-order valence-electron chi connectivity index (χ4n) is 2.27. The van der Waals surface area contributed by atoms with Crippen molar-refractivity contribution in [3.05, 3.63) is 62.7 Å². The SMILES string of the molecule is NN=C1CN=C(c2c(F)cccc2F)c2cc(I)ccc2N1. The predicted octanol–water partition coefficient (Wildman–Crippen LogP) is 3.10. The molecule has 0 radical (unpaired) electrons. The van der Waals surface area contributed by atoms with Gasteiger partial charge in [-0.2, -0.15) is 5.10 Å². The van der Waals surface area contributed by atoms with Crippen LogP contribution in [0.3, 0.4) is 0 Å². The molecule has 0 amide bonds. The van der Waals surface area contributed by atoms with Gasteiger partial charge in [-0.15, -0.1) is 0 Å². The molecule has 0 bridgehead atoms. The lowest BCUT2D eigenvalue weighted by molar-refractivity contribution is 0.579. The number of nitrogens with two attached hydrogens (primary N) is 1. The number of nitrogens with one attached hydrogen (secondary N) is 1. The second kappa shape index (κ2) is 5.99. The molecule has 1 aliphatic heterocycles. The van der Waals surface area contributed by atoms with Crippen molar-refractivity contribution in [3.63, 3.8) is 0 Å². The van der Waals surface area contributed by atoms with Crippen LogP contribution in [0.15, 0.2) is 46.5 Å². The van der Waals surface area contributed by atoms with E-state index < -0.39 is 11.6 Å². The second-order valence-corrected chi connectivity index (χ2v) is 5.90. The molecule has 1 heterocycles. The summed E-state index contributed by atoms with van der Waals surface area (Å²) in [6, 6.07) is 9.25. The van der Waals surface area contributed by atoms with Crippen LogP contribution in [0.1, 0.15) is 11.1 Å². The normalized spacial score (nSPS) is 15.8. The number of hydrazone groups is 1. The summed E-state index contributed by atoms with van der Waals surface area (Å²) in [5.41, 5.74) is 1.36. The minimum Gasteiger partial charge on any atom is -0.340 e. The van der Waals surface area contributed by atoms with Gasteiger partial charge in [0, 0.05) is 14.8 Å². The average Bonchev–Trinajstić information content (AvgIpc) is 2.67. The van der Waals surface area contributed by atoms with Gasteiger partial charge in [-0.3, -0.25) is 4.99 Å². The molecule has 0 aliphatic carbocycles. The highest BCUT2D eigenvalue weighted by molar-refractivity contribution is 14.1. The number of rotatable bonds is 1. The van der Waals surface area contributed by atoms with Crippen LogP contribution in [0.2, 0.25) is 0 Å². The van der Waals surface area contributed by atoms with Gasteiger partial charge in [0.25, 0.3) is 0 Å². The molecule has 1 aliphatic rings. The molecule has 0 aromatic heterocycles. The third-order valence-electron chi connectivity index (χ3n) is 3.26. The maximum atomic E-state index is 14.1. The number of amidine groups is 1. The van der Waals surface area contributed by atoms with E-state index in [2.05, 4.69) is 38.0 Å². The summed E-state index contributed by atoms with van der Waals surface area (Å²) in [4.78, 5) is 4.31. The Morgan fingerprint density at radius 1 is 1.18 bits per heavy atom. The zero-order chi connectivity index (χ0) is 15.7. The average molecular weight is 412 g/mol. The Labute approximate surface area is 139 Å². The molecule has 2 aromatic carbocycles. The van der Waals surface area contributed by atoms with E-state index in [1.165, 1.54) is 18.2 Å². The molecular formula is C15H11F2IN4. The molecule has 3 rings (SSSR count).